The van der Waals surface area contributed by atoms with Gasteiger partial charge in [0.2, 0.25) is 47.3 Å². The first-order valence-electron chi connectivity index (χ1n) is 43.6. The largest absolute Gasteiger partial charge is 0.480 e. The van der Waals surface area contributed by atoms with E-state index < -0.39 is 114 Å². The number of aliphatic hydroxyl groups excluding tert-OH is 1. The highest BCUT2D eigenvalue weighted by molar-refractivity contribution is 7.99. The molecule has 8 heterocycles. The maximum atomic E-state index is 12.8. The third-order valence-electron chi connectivity index (χ3n) is 21.8. The molecule has 4 aliphatic heterocycles. The van der Waals surface area contributed by atoms with Gasteiger partial charge in [0, 0.05) is 94.3 Å². The first kappa shape index (κ1) is 112. The molecule has 0 spiro atoms. The van der Waals surface area contributed by atoms with Gasteiger partial charge in [0.15, 0.2) is 0 Å². The summed E-state index contributed by atoms with van der Waals surface area (Å²) < 4.78 is 20.4. The van der Waals surface area contributed by atoms with Crippen molar-refractivity contribution in [2.24, 2.45) is 11.8 Å². The van der Waals surface area contributed by atoms with Crippen molar-refractivity contribution in [3.8, 4) is 0 Å². The molecular formula is C93H96Cl8N16O25S. The van der Waals surface area contributed by atoms with Gasteiger partial charge in [-0.2, -0.15) is 0 Å². The van der Waals surface area contributed by atoms with Crippen molar-refractivity contribution < 1.29 is 120 Å². The molecule has 760 valence electrons. The SMILES string of the molecule is CC1CC[C@@H](C(=O)NC[C@H](NC(=O)c2c(Cl)cc(CNC(=O)/C=C/c3ccco3)cc2Cl)C(=O)O)N1.O=C(/C=C/c1ccco1)NCc1cc(Cl)c(C(=O)N[C@@H](CNC(=O)C2CSCN2)C(=O)O)c(Cl)c1.O=C(/C=C/c1ccco1)NCc1cc(Cl)c(C(=O)N[C@@H](CNC(=O)C2NC[C@H]3C[C@H]23)C(=O)O)c(Cl)c1.O=C(/C=C/c1ccco1)NCc1cc(Cl)c(C(=O)N[C@@H](CNC(=O)[C@H]2NCC[C@@H]2O)C(=O)O)c(Cl)c1. The minimum absolute atomic E-state index is 0.0153. The van der Waals surface area contributed by atoms with Gasteiger partial charge in [-0.05, 0) is 201 Å². The van der Waals surface area contributed by atoms with E-state index in [1.165, 1.54) is 122 Å². The van der Waals surface area contributed by atoms with Crippen LogP contribution in [0, 0.1) is 11.8 Å². The second-order valence-electron chi connectivity index (χ2n) is 32.2. The summed E-state index contributed by atoms with van der Waals surface area (Å²) in [6.45, 7) is 2.18. The van der Waals surface area contributed by atoms with Crippen LogP contribution in [-0.2, 0) is 83.7 Å². The first-order valence-corrected chi connectivity index (χ1v) is 47.8. The Morgan fingerprint density at radius 2 is 0.692 bits per heavy atom. The van der Waals surface area contributed by atoms with Gasteiger partial charge >= 0.3 is 23.9 Å². The number of amides is 12. The molecule has 13 rings (SSSR count). The Balaban J connectivity index is 0.000000196. The molecule has 41 nitrogen and oxygen atoms in total. The number of aliphatic hydroxyl groups is 1. The Morgan fingerprint density at radius 1 is 0.392 bits per heavy atom. The third-order valence-corrected chi connectivity index (χ3v) is 25.1. The van der Waals surface area contributed by atoms with Crippen LogP contribution < -0.4 is 85.1 Å². The van der Waals surface area contributed by atoms with Gasteiger partial charge in [0.05, 0.1) is 112 Å². The number of carbonyl (C=O) groups is 16. The van der Waals surface area contributed by atoms with Gasteiger partial charge in [-0.15, -0.1) is 11.8 Å². The number of carbonyl (C=O) groups excluding carboxylic acids is 12. The van der Waals surface area contributed by atoms with E-state index in [1.54, 1.807) is 60.3 Å². The van der Waals surface area contributed by atoms with Crippen molar-refractivity contribution in [1.29, 1.82) is 0 Å². The van der Waals surface area contributed by atoms with E-state index in [1.807, 2.05) is 6.92 Å². The monoisotopic (exact) mass is 2150 g/mol. The summed E-state index contributed by atoms with van der Waals surface area (Å²) in [5, 5.41) is 89.5. The fourth-order valence-electron chi connectivity index (χ4n) is 14.2. The van der Waals surface area contributed by atoms with Crippen LogP contribution >= 0.6 is 105 Å². The van der Waals surface area contributed by atoms with Crippen LogP contribution in [-0.4, -0.2) is 232 Å². The van der Waals surface area contributed by atoms with Gasteiger partial charge in [-0.1, -0.05) is 92.8 Å². The molecule has 12 atom stereocenters. The van der Waals surface area contributed by atoms with Gasteiger partial charge in [0.1, 0.15) is 53.3 Å². The maximum absolute atomic E-state index is 12.8. The molecule has 0 bridgehead atoms. The van der Waals surface area contributed by atoms with Crippen LogP contribution in [0.15, 0.2) is 164 Å². The maximum Gasteiger partial charge on any atom is 0.328 e. The van der Waals surface area contributed by atoms with Crippen LogP contribution in [0.1, 0.15) is 119 Å². The molecule has 21 N–H and O–H groups in total. The number of fused-ring (bicyclic) bond motifs is 1. The predicted molar refractivity (Wildman–Crippen MR) is 527 cm³/mol. The van der Waals surface area contributed by atoms with Crippen LogP contribution in [0.2, 0.25) is 40.2 Å². The zero-order valence-electron chi connectivity index (χ0n) is 75.2. The minimum Gasteiger partial charge on any atom is -0.480 e. The lowest BCUT2D eigenvalue weighted by atomic mass is 10.1. The van der Waals surface area contributed by atoms with Crippen molar-refractivity contribution in [3.63, 3.8) is 0 Å². The Kier molecular flexibility index (Phi) is 43.0. The van der Waals surface area contributed by atoms with E-state index in [9.17, 15) is 102 Å². The summed E-state index contributed by atoms with van der Waals surface area (Å²) in [6, 6.07) is 17.6. The summed E-state index contributed by atoms with van der Waals surface area (Å²) in [5.74, 6) is -7.65. The molecule has 8 aromatic rings. The summed E-state index contributed by atoms with van der Waals surface area (Å²) >= 11 is 51.5. The van der Waals surface area contributed by atoms with Crippen molar-refractivity contribution in [2.75, 3.05) is 50.9 Å². The Morgan fingerprint density at radius 3 is 0.930 bits per heavy atom. The average Bonchev–Trinajstić information content (AvgIpc) is 1.61. The topological polar surface area (TPSA) is 619 Å². The summed E-state index contributed by atoms with van der Waals surface area (Å²) in [5.41, 5.74) is 1.60. The molecule has 5 aliphatic rings. The normalized spacial score (nSPS) is 18.3. The van der Waals surface area contributed by atoms with E-state index in [2.05, 4.69) is 85.1 Å². The molecule has 5 fully saturated rings. The molecule has 3 unspecified atom stereocenters. The number of piperidine rings is 1. The van der Waals surface area contributed by atoms with Gasteiger partial charge in [-0.25, -0.2) is 19.2 Å². The number of rotatable bonds is 40. The fourth-order valence-corrected chi connectivity index (χ4v) is 18.0. The van der Waals surface area contributed by atoms with Gasteiger partial charge in [0.25, 0.3) is 23.6 Å². The molecule has 1 saturated carbocycles. The molecule has 4 aromatic carbocycles. The number of aliphatic carboxylic acids is 4. The summed E-state index contributed by atoms with van der Waals surface area (Å²) in [7, 11) is 0. The minimum atomic E-state index is -1.48. The van der Waals surface area contributed by atoms with E-state index in [0.717, 1.165) is 19.4 Å². The van der Waals surface area contributed by atoms with E-state index in [0.29, 0.717) is 82.2 Å². The fraction of sp³-hybridized carbons (Fsp3) is 0.312. The number of thioether (sulfide) groups is 1. The molecule has 143 heavy (non-hydrogen) atoms. The number of benzene rings is 4. The Hall–Kier alpha value is -13.1. The molecule has 0 radical (unpaired) electrons. The standard InChI is InChI=1S/C24H24Cl2N4O6.C24H26Cl2N4O6.C23H24Cl2N4O7.C22H22Cl2N4O6S/c25-16-6-12(9-27-19(31)4-3-14-2-1-5-36-14)7-17(26)20(16)22(32)30-18(24(34)35)11-29-23(33)21-15-8-13(15)10-28-21;1-13-4-6-18(29-13)22(32)28-12-19(24(34)35)30-23(33)21-16(25)9-14(10-17(21)26)11-27-20(31)7-5-15-3-2-8-36-15;24-14-8-12(10-27-18(31)4-3-13-2-1-7-36-13)9-15(25)19(14)21(32)29-16(23(34)35)11-28-22(33)20-17(30)5-6-26-20;23-14-6-12(8-25-18(29)4-3-13-2-1-5-34-13)7-15(24)19(14)21(31)28-16(22(32)33)9-26-20(30)17-10-35-11-27-17/h1-7,13,15,18,21,28H,8-11H2,(H,27,31)(H,29,33)(H,30,32)(H,34,35);2-3,5,7-10,13,18-19,29H,4,6,11-12H2,1H3,(H,27,31)(H,28,32)(H,30,33)(H,34,35);1-4,7-9,16-17,20,26,30H,5-6,10-11H2,(H,27,31)(H,28,33)(H,29,32)(H,34,35);1-7,16-17,27H,8-11H2,(H,25,29)(H,26,30)(H,28,31)(H,32,33)/b4-3+;7-5+;2*4-3+/t13-,15+,18+,21?;13?,18-,19-;16-,17-,20-;16-,17?/m1000/s1. The van der Waals surface area contributed by atoms with Crippen LogP contribution in [0.25, 0.3) is 24.3 Å². The van der Waals surface area contributed by atoms with E-state index in [-0.39, 0.29) is 162 Å². The number of nitrogens with one attached hydrogen (secondary N) is 16. The predicted octanol–water partition coefficient (Wildman–Crippen LogP) is 6.99. The Labute approximate surface area is 858 Å². The lowest BCUT2D eigenvalue weighted by molar-refractivity contribution is -0.140. The van der Waals surface area contributed by atoms with E-state index >= 15 is 0 Å². The average molecular weight is 2150 g/mol. The van der Waals surface area contributed by atoms with Crippen molar-refractivity contribution >= 4 is 224 Å². The number of furan rings is 4. The van der Waals surface area contributed by atoms with Crippen molar-refractivity contribution in [1.82, 2.24) is 85.1 Å². The highest BCUT2D eigenvalue weighted by Gasteiger charge is 2.51. The molecular weight excluding hydrogens is 2060 g/mol. The van der Waals surface area contributed by atoms with Crippen molar-refractivity contribution in [2.45, 2.75) is 119 Å². The summed E-state index contributed by atoms with van der Waals surface area (Å²) in [4.78, 5) is 194. The number of carboxylic acids is 4. The Bertz CT molecular complexity index is 5810. The number of hydrogen-bond donors (Lipinski definition) is 21. The summed E-state index contributed by atoms with van der Waals surface area (Å²) in [6.07, 6.45) is 19.2. The number of halogens is 8. The molecule has 1 aliphatic carbocycles. The highest BCUT2D eigenvalue weighted by Crippen LogP contribution is 2.45. The zero-order valence-corrected chi connectivity index (χ0v) is 82.1. The number of carboxylic acid groups (broad SMARTS) is 4. The molecule has 4 aromatic heterocycles. The van der Waals surface area contributed by atoms with Crippen LogP contribution in [0.5, 0.6) is 0 Å². The third kappa shape index (κ3) is 34.9. The van der Waals surface area contributed by atoms with Crippen molar-refractivity contribution in [3.05, 3.63) is 254 Å². The lowest BCUT2D eigenvalue weighted by Gasteiger charge is -2.19. The van der Waals surface area contributed by atoms with Gasteiger partial charge in [-0.3, -0.25) is 62.9 Å². The highest BCUT2D eigenvalue weighted by atomic mass is 35.5. The van der Waals surface area contributed by atoms with Crippen LogP contribution in [0.3, 0.4) is 0 Å². The van der Waals surface area contributed by atoms with Crippen LogP contribution in [0.4, 0.5) is 0 Å². The second kappa shape index (κ2) is 55.0. The zero-order chi connectivity index (χ0) is 104. The molecule has 12 amide bonds. The molecule has 4 saturated heterocycles. The quantitative estimate of drug-likeness (QED) is 0.0172. The second-order valence-corrected chi connectivity index (χ2v) is 36.5. The first-order chi connectivity index (χ1) is 68.2. The molecule has 50 heteroatoms. The number of hydrogen-bond acceptors (Lipinski definition) is 26. The lowest BCUT2D eigenvalue weighted by Crippen LogP contribution is -2.52. The van der Waals surface area contributed by atoms with Gasteiger partial charge < -0.3 is 123 Å². The smallest absolute Gasteiger partial charge is 0.328 e. The van der Waals surface area contributed by atoms with E-state index in [4.69, 9.17) is 110 Å².